The minimum Gasteiger partial charge on any atom is -0.412 e. The fourth-order valence-electron chi connectivity index (χ4n) is 0. The normalized spacial score (nSPS) is 5.90. The van der Waals surface area contributed by atoms with E-state index in [1.165, 1.54) is 0 Å². The van der Waals surface area contributed by atoms with Crippen LogP contribution in [0.4, 0.5) is 0 Å². The first-order chi connectivity index (χ1) is 2.00. The van der Waals surface area contributed by atoms with Gasteiger partial charge in [-0.1, -0.05) is 0 Å². The second-order valence-electron chi connectivity index (χ2n) is 0.513. The van der Waals surface area contributed by atoms with E-state index in [1.807, 2.05) is 0 Å². The van der Waals surface area contributed by atoms with Crippen molar-refractivity contribution in [3.05, 3.63) is 0 Å². The molecule has 0 fully saturated rings. The van der Waals surface area contributed by atoms with Crippen LogP contribution in [0.1, 0.15) is 0 Å². The molecule has 0 aliphatic carbocycles. The topological polar surface area (TPSA) is 242 Å². The van der Waals surface area contributed by atoms with Crippen LogP contribution in [0.25, 0.3) is 0 Å². The van der Waals surface area contributed by atoms with E-state index >= 15 is 0 Å². The molecule has 0 atom stereocenters. The monoisotopic (exact) mass is 186 g/mol. The molecular formula is H15N2O7P. The van der Waals surface area contributed by atoms with Crippen molar-refractivity contribution in [2.24, 2.45) is 0 Å². The summed E-state index contributed by atoms with van der Waals surface area (Å²) in [5, 5.41) is 0. The molecule has 0 heterocycles. The summed E-state index contributed by atoms with van der Waals surface area (Å²) >= 11 is 0. The van der Waals surface area contributed by atoms with E-state index in [4.69, 9.17) is 19.2 Å². The largest absolute Gasteiger partial charge is 0.466 e. The number of rotatable bonds is 0. The SMILES string of the molecule is N.N.O.O.O.O=P(O)(O)O. The standard InChI is InChI=1S/2H3N.H3O4P.3H2O/c;;1-5(2,3)4;;;/h2*1H3;(H3,1,2,3,4);3*1H2. The Labute approximate surface area is 57.0 Å². The van der Waals surface area contributed by atoms with E-state index in [1.54, 1.807) is 0 Å². The summed E-state index contributed by atoms with van der Waals surface area (Å²) in [6.45, 7) is 0. The van der Waals surface area contributed by atoms with Gasteiger partial charge in [-0.3, -0.25) is 0 Å². The Hall–Kier alpha value is -0.0900. The zero-order valence-corrected chi connectivity index (χ0v) is 6.01. The van der Waals surface area contributed by atoms with Crippen LogP contribution in [0.5, 0.6) is 0 Å². The van der Waals surface area contributed by atoms with Crippen LogP contribution in [-0.4, -0.2) is 31.1 Å². The minimum atomic E-state index is -4.64. The maximum atomic E-state index is 8.88. The van der Waals surface area contributed by atoms with Gasteiger partial charge in [0.1, 0.15) is 0 Å². The van der Waals surface area contributed by atoms with Crippen LogP contribution in [0, 0.1) is 0 Å². The van der Waals surface area contributed by atoms with Gasteiger partial charge in [-0.25, -0.2) is 4.57 Å². The summed E-state index contributed by atoms with van der Waals surface area (Å²) < 4.78 is 8.88. The second-order valence-corrected chi connectivity index (χ2v) is 1.54. The van der Waals surface area contributed by atoms with Crippen molar-refractivity contribution >= 4 is 7.82 Å². The lowest BCUT2D eigenvalue weighted by atomic mass is 14.0. The first-order valence-electron chi connectivity index (χ1n) is 0.783. The highest BCUT2D eigenvalue weighted by molar-refractivity contribution is 7.45. The molecule has 0 amide bonds. The molecule has 0 aliphatic heterocycles. The summed E-state index contributed by atoms with van der Waals surface area (Å²) in [7, 11) is -4.64. The van der Waals surface area contributed by atoms with Crippen molar-refractivity contribution in [1.82, 2.24) is 12.3 Å². The maximum Gasteiger partial charge on any atom is 0.466 e. The molecule has 0 bridgehead atoms. The molecular weight excluding hydrogens is 171 g/mol. The summed E-state index contributed by atoms with van der Waals surface area (Å²) in [5.74, 6) is 0. The van der Waals surface area contributed by atoms with Crippen LogP contribution in [0.3, 0.4) is 0 Å². The van der Waals surface area contributed by atoms with Gasteiger partial charge in [0, 0.05) is 0 Å². The summed E-state index contributed by atoms with van der Waals surface area (Å²) in [5.41, 5.74) is 0. The van der Waals surface area contributed by atoms with Gasteiger partial charge in [-0.05, 0) is 0 Å². The molecule has 0 aliphatic rings. The van der Waals surface area contributed by atoms with E-state index in [9.17, 15) is 0 Å². The maximum absolute atomic E-state index is 8.88. The predicted molar refractivity (Wildman–Crippen MR) is 35.1 cm³/mol. The Morgan fingerprint density at radius 1 is 0.800 bits per heavy atom. The van der Waals surface area contributed by atoms with E-state index in [-0.39, 0.29) is 28.7 Å². The van der Waals surface area contributed by atoms with E-state index in [2.05, 4.69) is 0 Å². The highest BCUT2D eigenvalue weighted by Gasteiger charge is 2.00. The van der Waals surface area contributed by atoms with Gasteiger partial charge in [0.2, 0.25) is 0 Å². The summed E-state index contributed by atoms with van der Waals surface area (Å²) in [6, 6.07) is 0. The van der Waals surface area contributed by atoms with Gasteiger partial charge in [0.25, 0.3) is 0 Å². The Kier molecular flexibility index (Phi) is 82.1. The van der Waals surface area contributed by atoms with Gasteiger partial charge < -0.3 is 43.4 Å². The van der Waals surface area contributed by atoms with Crippen molar-refractivity contribution < 1.29 is 35.7 Å². The quantitative estimate of drug-likeness (QED) is 0.245. The van der Waals surface area contributed by atoms with Crippen molar-refractivity contribution in [3.8, 4) is 0 Å². The molecule has 72 valence electrons. The van der Waals surface area contributed by atoms with Crippen LogP contribution >= 0.6 is 7.82 Å². The fraction of sp³-hybridized carbons (Fsp3) is 0. The number of phosphoric acid groups is 1. The summed E-state index contributed by atoms with van der Waals surface area (Å²) in [4.78, 5) is 21.6. The summed E-state index contributed by atoms with van der Waals surface area (Å²) in [6.07, 6.45) is 0. The molecule has 0 saturated carbocycles. The van der Waals surface area contributed by atoms with Crippen LogP contribution in [-0.2, 0) is 4.57 Å². The van der Waals surface area contributed by atoms with Crippen molar-refractivity contribution in [3.63, 3.8) is 0 Å². The van der Waals surface area contributed by atoms with Gasteiger partial charge in [0.15, 0.2) is 0 Å². The first kappa shape index (κ1) is 51.5. The van der Waals surface area contributed by atoms with Gasteiger partial charge in [-0.15, -0.1) is 0 Å². The third-order valence-electron chi connectivity index (χ3n) is 0. The molecule has 0 unspecified atom stereocenters. The van der Waals surface area contributed by atoms with Gasteiger partial charge in [0.05, 0.1) is 0 Å². The highest BCUT2D eigenvalue weighted by atomic mass is 31.2. The van der Waals surface area contributed by atoms with Crippen LogP contribution < -0.4 is 12.3 Å². The highest BCUT2D eigenvalue weighted by Crippen LogP contribution is 2.25. The average Bonchev–Trinajstić information content (AvgIpc) is 0.722. The molecule has 0 spiro atoms. The van der Waals surface area contributed by atoms with Gasteiger partial charge >= 0.3 is 7.82 Å². The Balaban J connectivity index is -0.00000000800. The predicted octanol–water partition coefficient (Wildman–Crippen LogP) is -3.08. The molecule has 0 aromatic carbocycles. The number of hydrogen-bond acceptors (Lipinski definition) is 3. The Bertz CT molecular complexity index is 57.7. The molecule has 0 radical (unpaired) electrons. The lowest BCUT2D eigenvalue weighted by Crippen LogP contribution is -1.66. The smallest absolute Gasteiger partial charge is 0.412 e. The molecule has 0 aromatic rings. The Morgan fingerprint density at radius 3 is 0.800 bits per heavy atom. The molecule has 10 heteroatoms. The lowest BCUT2D eigenvalue weighted by Gasteiger charge is -1.82. The van der Waals surface area contributed by atoms with E-state index in [0.717, 1.165) is 0 Å². The molecule has 15 N–H and O–H groups in total. The van der Waals surface area contributed by atoms with Crippen molar-refractivity contribution in [2.75, 3.05) is 0 Å². The van der Waals surface area contributed by atoms with Gasteiger partial charge in [-0.2, -0.15) is 0 Å². The van der Waals surface area contributed by atoms with Crippen molar-refractivity contribution in [1.29, 1.82) is 0 Å². The molecule has 10 heavy (non-hydrogen) atoms. The third-order valence-corrected chi connectivity index (χ3v) is 0. The van der Waals surface area contributed by atoms with Crippen LogP contribution in [0.2, 0.25) is 0 Å². The lowest BCUT2D eigenvalue weighted by molar-refractivity contribution is 0.275. The molecule has 0 saturated heterocycles. The zero-order valence-electron chi connectivity index (χ0n) is 5.11. The van der Waals surface area contributed by atoms with E-state index in [0.29, 0.717) is 0 Å². The third kappa shape index (κ3) is 46600. The van der Waals surface area contributed by atoms with E-state index < -0.39 is 7.82 Å². The zero-order chi connectivity index (χ0) is 4.50. The molecule has 0 aromatic heterocycles. The first-order valence-corrected chi connectivity index (χ1v) is 2.35. The van der Waals surface area contributed by atoms with Crippen LogP contribution in [0.15, 0.2) is 0 Å². The number of hydrogen-bond donors (Lipinski definition) is 5. The second kappa shape index (κ2) is 16.0. The molecule has 9 nitrogen and oxygen atoms in total. The minimum absolute atomic E-state index is 0. The molecule has 0 rings (SSSR count). The average molecular weight is 186 g/mol. The van der Waals surface area contributed by atoms with Crippen molar-refractivity contribution in [2.45, 2.75) is 0 Å². The Morgan fingerprint density at radius 2 is 0.800 bits per heavy atom. The fourth-order valence-corrected chi connectivity index (χ4v) is 0.